The molecule has 0 aliphatic carbocycles. The number of para-hydroxylation sites is 2. The van der Waals surface area contributed by atoms with Crippen LogP contribution in [0.2, 0.25) is 0 Å². The molecule has 0 fully saturated rings. The lowest BCUT2D eigenvalue weighted by Crippen LogP contribution is -2.18. The molecule has 1 unspecified atom stereocenters. The maximum Gasteiger partial charge on any atom is 0.251 e. The van der Waals surface area contributed by atoms with Crippen LogP contribution in [0.5, 0.6) is 0 Å². The van der Waals surface area contributed by atoms with E-state index in [0.717, 1.165) is 22.0 Å². The standard InChI is InChI=1S/C23H20FN3O/c1-25-23(28)16-12-10-15(11-13-16)22(27-21-9-5-3-7-19(21)24)18-14-26-20-8-4-2-6-17(18)20/h2-14,22,26-27H,1H3,(H,25,28). The number of benzene rings is 3. The highest BCUT2D eigenvalue weighted by Gasteiger charge is 2.19. The fraction of sp³-hybridized carbons (Fsp3) is 0.0870. The van der Waals surface area contributed by atoms with Crippen LogP contribution in [0.1, 0.15) is 27.5 Å². The predicted molar refractivity (Wildman–Crippen MR) is 110 cm³/mol. The molecule has 4 aromatic rings. The summed E-state index contributed by atoms with van der Waals surface area (Å²) >= 11 is 0. The van der Waals surface area contributed by atoms with Crippen LogP contribution in [0.25, 0.3) is 10.9 Å². The van der Waals surface area contributed by atoms with Crippen LogP contribution in [0.4, 0.5) is 10.1 Å². The number of carbonyl (C=O) groups is 1. The number of anilines is 1. The number of H-pyrrole nitrogens is 1. The minimum absolute atomic E-state index is 0.141. The van der Waals surface area contributed by atoms with E-state index >= 15 is 0 Å². The molecule has 1 atom stereocenters. The Hall–Kier alpha value is -3.60. The summed E-state index contributed by atoms with van der Waals surface area (Å²) in [6, 6.07) is 21.7. The Bertz CT molecular complexity index is 1120. The molecule has 5 heteroatoms. The zero-order valence-corrected chi connectivity index (χ0v) is 15.4. The molecule has 4 rings (SSSR count). The summed E-state index contributed by atoms with van der Waals surface area (Å²) in [4.78, 5) is 15.1. The van der Waals surface area contributed by atoms with Gasteiger partial charge in [-0.1, -0.05) is 42.5 Å². The SMILES string of the molecule is CNC(=O)c1ccc(C(Nc2ccccc2F)c2c[nH]c3ccccc23)cc1. The summed E-state index contributed by atoms with van der Waals surface area (Å²) in [5.41, 5.74) is 3.95. The van der Waals surface area contributed by atoms with Gasteiger partial charge in [0.2, 0.25) is 0 Å². The molecule has 0 spiro atoms. The Morgan fingerprint density at radius 3 is 2.43 bits per heavy atom. The van der Waals surface area contributed by atoms with Crippen LogP contribution >= 0.6 is 0 Å². The van der Waals surface area contributed by atoms with Gasteiger partial charge in [0.15, 0.2) is 0 Å². The number of aromatic amines is 1. The molecule has 0 radical (unpaired) electrons. The zero-order valence-electron chi connectivity index (χ0n) is 15.4. The summed E-state index contributed by atoms with van der Waals surface area (Å²) in [7, 11) is 1.60. The third kappa shape index (κ3) is 3.34. The largest absolute Gasteiger partial charge is 0.372 e. The first-order chi connectivity index (χ1) is 13.7. The Labute approximate surface area is 162 Å². The minimum atomic E-state index is -0.311. The number of rotatable bonds is 5. The molecule has 0 aliphatic rings. The number of carbonyl (C=O) groups excluding carboxylic acids is 1. The van der Waals surface area contributed by atoms with Crippen molar-refractivity contribution in [3.8, 4) is 0 Å². The van der Waals surface area contributed by atoms with Gasteiger partial charge in [-0.15, -0.1) is 0 Å². The van der Waals surface area contributed by atoms with E-state index in [4.69, 9.17) is 0 Å². The molecule has 28 heavy (non-hydrogen) atoms. The number of fused-ring (bicyclic) bond motifs is 1. The molecule has 0 aliphatic heterocycles. The van der Waals surface area contributed by atoms with Gasteiger partial charge in [-0.25, -0.2) is 4.39 Å². The molecule has 1 heterocycles. The van der Waals surface area contributed by atoms with Gasteiger partial charge in [-0.05, 0) is 35.9 Å². The molecule has 0 saturated heterocycles. The van der Waals surface area contributed by atoms with Crippen LogP contribution in [0.15, 0.2) is 79.0 Å². The van der Waals surface area contributed by atoms with Gasteiger partial charge < -0.3 is 15.6 Å². The number of amides is 1. The van der Waals surface area contributed by atoms with Crippen molar-refractivity contribution in [2.24, 2.45) is 0 Å². The first kappa shape index (κ1) is 17.8. The number of hydrogen-bond acceptors (Lipinski definition) is 2. The highest BCUT2D eigenvalue weighted by atomic mass is 19.1. The van der Waals surface area contributed by atoms with E-state index < -0.39 is 0 Å². The molecule has 0 bridgehead atoms. The Kier molecular flexibility index (Phi) is 4.81. The average molecular weight is 373 g/mol. The van der Waals surface area contributed by atoms with Crippen LogP contribution in [-0.4, -0.2) is 17.9 Å². The quantitative estimate of drug-likeness (QED) is 0.468. The zero-order chi connectivity index (χ0) is 19.5. The van der Waals surface area contributed by atoms with E-state index in [-0.39, 0.29) is 17.8 Å². The lowest BCUT2D eigenvalue weighted by molar-refractivity contribution is 0.0963. The van der Waals surface area contributed by atoms with Crippen molar-refractivity contribution in [1.29, 1.82) is 0 Å². The second-order valence-electron chi connectivity index (χ2n) is 6.55. The van der Waals surface area contributed by atoms with Gasteiger partial charge in [0.25, 0.3) is 5.91 Å². The first-order valence-corrected chi connectivity index (χ1v) is 9.06. The minimum Gasteiger partial charge on any atom is -0.372 e. The summed E-state index contributed by atoms with van der Waals surface area (Å²) in [6.45, 7) is 0. The van der Waals surface area contributed by atoms with Crippen molar-refractivity contribution in [1.82, 2.24) is 10.3 Å². The van der Waals surface area contributed by atoms with Crippen molar-refractivity contribution in [2.45, 2.75) is 6.04 Å². The molecule has 1 amide bonds. The van der Waals surface area contributed by atoms with Crippen LogP contribution in [0.3, 0.4) is 0 Å². The van der Waals surface area contributed by atoms with E-state index in [0.29, 0.717) is 11.3 Å². The van der Waals surface area contributed by atoms with Crippen molar-refractivity contribution in [3.05, 3.63) is 102 Å². The summed E-state index contributed by atoms with van der Waals surface area (Å²) < 4.78 is 14.3. The summed E-state index contributed by atoms with van der Waals surface area (Å²) in [5, 5.41) is 7.01. The van der Waals surface area contributed by atoms with Crippen LogP contribution < -0.4 is 10.6 Å². The van der Waals surface area contributed by atoms with Gasteiger partial charge in [0.1, 0.15) is 5.82 Å². The van der Waals surface area contributed by atoms with Gasteiger partial charge in [0.05, 0.1) is 11.7 Å². The lowest BCUT2D eigenvalue weighted by Gasteiger charge is -2.21. The highest BCUT2D eigenvalue weighted by Crippen LogP contribution is 2.32. The molecular weight excluding hydrogens is 353 g/mol. The summed E-state index contributed by atoms with van der Waals surface area (Å²) in [5.74, 6) is -0.452. The van der Waals surface area contributed by atoms with Crippen LogP contribution in [0, 0.1) is 5.82 Å². The molecular formula is C23H20FN3O. The topological polar surface area (TPSA) is 56.9 Å². The van der Waals surface area contributed by atoms with E-state index in [1.165, 1.54) is 6.07 Å². The van der Waals surface area contributed by atoms with Gasteiger partial charge in [-0.2, -0.15) is 0 Å². The lowest BCUT2D eigenvalue weighted by atomic mass is 9.96. The Morgan fingerprint density at radius 1 is 0.964 bits per heavy atom. The van der Waals surface area contributed by atoms with Crippen molar-refractivity contribution in [2.75, 3.05) is 12.4 Å². The van der Waals surface area contributed by atoms with Gasteiger partial charge in [0, 0.05) is 35.3 Å². The van der Waals surface area contributed by atoms with E-state index in [1.54, 1.807) is 37.4 Å². The van der Waals surface area contributed by atoms with Gasteiger partial charge >= 0.3 is 0 Å². The van der Waals surface area contributed by atoms with Crippen molar-refractivity contribution >= 4 is 22.5 Å². The van der Waals surface area contributed by atoms with E-state index in [2.05, 4.69) is 15.6 Å². The molecule has 3 aromatic carbocycles. The monoisotopic (exact) mass is 373 g/mol. The molecule has 0 saturated carbocycles. The second-order valence-corrected chi connectivity index (χ2v) is 6.55. The summed E-state index contributed by atoms with van der Waals surface area (Å²) in [6.07, 6.45) is 1.94. The number of hydrogen-bond donors (Lipinski definition) is 3. The Balaban J connectivity index is 1.79. The maximum absolute atomic E-state index is 14.3. The first-order valence-electron chi connectivity index (χ1n) is 9.06. The number of halogens is 1. The third-order valence-electron chi connectivity index (χ3n) is 4.84. The number of nitrogens with one attached hydrogen (secondary N) is 3. The smallest absolute Gasteiger partial charge is 0.251 e. The normalized spacial score (nSPS) is 11.9. The molecule has 4 nitrogen and oxygen atoms in total. The fourth-order valence-corrected chi connectivity index (χ4v) is 3.38. The fourth-order valence-electron chi connectivity index (χ4n) is 3.38. The maximum atomic E-state index is 14.3. The average Bonchev–Trinajstić information content (AvgIpc) is 3.17. The second kappa shape index (κ2) is 7.56. The molecule has 140 valence electrons. The van der Waals surface area contributed by atoms with Gasteiger partial charge in [-0.3, -0.25) is 4.79 Å². The third-order valence-corrected chi connectivity index (χ3v) is 4.84. The van der Waals surface area contributed by atoms with E-state index in [1.807, 2.05) is 42.6 Å². The van der Waals surface area contributed by atoms with E-state index in [9.17, 15) is 9.18 Å². The molecule has 1 aromatic heterocycles. The number of aromatic nitrogens is 1. The van der Waals surface area contributed by atoms with Crippen molar-refractivity contribution < 1.29 is 9.18 Å². The Morgan fingerprint density at radius 2 is 1.68 bits per heavy atom. The molecule has 3 N–H and O–H groups in total. The van der Waals surface area contributed by atoms with Crippen molar-refractivity contribution in [3.63, 3.8) is 0 Å². The highest BCUT2D eigenvalue weighted by molar-refractivity contribution is 5.94. The van der Waals surface area contributed by atoms with Crippen LogP contribution in [-0.2, 0) is 0 Å². The predicted octanol–water partition coefficient (Wildman–Crippen LogP) is 4.87.